The number of aromatic nitrogens is 2. The van der Waals surface area contributed by atoms with Crippen molar-refractivity contribution in [1.29, 1.82) is 0 Å². The normalized spacial score (nSPS) is 19.2. The third kappa shape index (κ3) is 3.12. The molecule has 1 aliphatic rings. The van der Waals surface area contributed by atoms with Gasteiger partial charge in [-0.3, -0.25) is 4.90 Å². The van der Waals surface area contributed by atoms with Gasteiger partial charge >= 0.3 is 0 Å². The van der Waals surface area contributed by atoms with Crippen LogP contribution in [-0.2, 0) is 0 Å². The van der Waals surface area contributed by atoms with E-state index in [0.29, 0.717) is 11.9 Å². The van der Waals surface area contributed by atoms with Crippen molar-refractivity contribution in [3.05, 3.63) is 5.82 Å². The standard InChI is InChI=1S/C12H23N5/c1-9(17-6-4-3-5-7-17)8-14-12-11(13)15-10(2)16-12/h9,14H,3-8,13H2,1-2H3,(H,15,16). The topological polar surface area (TPSA) is 70.0 Å². The van der Waals surface area contributed by atoms with Crippen LogP contribution in [-0.4, -0.2) is 40.5 Å². The summed E-state index contributed by atoms with van der Waals surface area (Å²) in [5.41, 5.74) is 5.81. The van der Waals surface area contributed by atoms with Gasteiger partial charge in [-0.1, -0.05) is 6.42 Å². The van der Waals surface area contributed by atoms with Crippen molar-refractivity contribution in [2.24, 2.45) is 0 Å². The average molecular weight is 237 g/mol. The van der Waals surface area contributed by atoms with Crippen LogP contribution in [0.15, 0.2) is 0 Å². The van der Waals surface area contributed by atoms with Crippen LogP contribution in [0.1, 0.15) is 32.0 Å². The maximum atomic E-state index is 5.81. The largest absolute Gasteiger partial charge is 0.382 e. The first-order valence-corrected chi connectivity index (χ1v) is 6.47. The van der Waals surface area contributed by atoms with Crippen LogP contribution in [0.4, 0.5) is 11.6 Å². The van der Waals surface area contributed by atoms with E-state index in [2.05, 4.69) is 27.1 Å². The van der Waals surface area contributed by atoms with Crippen molar-refractivity contribution >= 4 is 11.6 Å². The first-order chi connectivity index (χ1) is 8.16. The molecule has 1 aromatic rings. The fourth-order valence-corrected chi connectivity index (χ4v) is 2.38. The molecule has 0 aliphatic carbocycles. The number of H-pyrrole nitrogens is 1. The van der Waals surface area contributed by atoms with E-state index in [1.54, 1.807) is 0 Å². The lowest BCUT2D eigenvalue weighted by atomic mass is 10.1. The summed E-state index contributed by atoms with van der Waals surface area (Å²) in [6.45, 7) is 7.51. The van der Waals surface area contributed by atoms with Gasteiger partial charge in [0.2, 0.25) is 0 Å². The molecule has 0 aromatic carbocycles. The Morgan fingerprint density at radius 1 is 1.41 bits per heavy atom. The summed E-state index contributed by atoms with van der Waals surface area (Å²) >= 11 is 0. The summed E-state index contributed by atoms with van der Waals surface area (Å²) < 4.78 is 0. The van der Waals surface area contributed by atoms with Crippen molar-refractivity contribution in [3.63, 3.8) is 0 Å². The molecule has 5 heteroatoms. The molecule has 2 rings (SSSR count). The van der Waals surface area contributed by atoms with Gasteiger partial charge in [-0.05, 0) is 39.8 Å². The Balaban J connectivity index is 1.82. The fraction of sp³-hybridized carbons (Fsp3) is 0.750. The van der Waals surface area contributed by atoms with Crippen LogP contribution in [0, 0.1) is 6.92 Å². The highest BCUT2D eigenvalue weighted by molar-refractivity contribution is 5.56. The quantitative estimate of drug-likeness (QED) is 0.743. The monoisotopic (exact) mass is 237 g/mol. The molecule has 1 aliphatic heterocycles. The van der Waals surface area contributed by atoms with Gasteiger partial charge in [-0.2, -0.15) is 0 Å². The number of nitrogens with two attached hydrogens (primary N) is 1. The molecule has 2 heterocycles. The number of aromatic amines is 1. The Labute approximate surface area is 103 Å². The number of piperidine rings is 1. The van der Waals surface area contributed by atoms with Gasteiger partial charge in [-0.15, -0.1) is 0 Å². The van der Waals surface area contributed by atoms with E-state index in [9.17, 15) is 0 Å². The number of hydrogen-bond donors (Lipinski definition) is 3. The molecule has 1 fully saturated rings. The maximum Gasteiger partial charge on any atom is 0.168 e. The second kappa shape index (κ2) is 5.40. The molecule has 0 spiro atoms. The smallest absolute Gasteiger partial charge is 0.168 e. The molecule has 17 heavy (non-hydrogen) atoms. The maximum absolute atomic E-state index is 5.81. The van der Waals surface area contributed by atoms with Crippen LogP contribution >= 0.6 is 0 Å². The SMILES string of the molecule is Cc1nc(NCC(C)N2CCCCC2)c(N)[nH]1. The molecule has 0 radical (unpaired) electrons. The zero-order valence-electron chi connectivity index (χ0n) is 10.8. The number of nitrogen functional groups attached to an aromatic ring is 1. The highest BCUT2D eigenvalue weighted by Crippen LogP contribution is 2.16. The number of nitrogens with zero attached hydrogens (tertiary/aromatic N) is 2. The molecule has 1 atom stereocenters. The first kappa shape index (κ1) is 12.2. The molecule has 5 nitrogen and oxygen atoms in total. The zero-order valence-corrected chi connectivity index (χ0v) is 10.8. The Kier molecular flexibility index (Phi) is 3.89. The van der Waals surface area contributed by atoms with Crippen molar-refractivity contribution in [2.75, 3.05) is 30.7 Å². The van der Waals surface area contributed by atoms with E-state index in [0.717, 1.165) is 18.2 Å². The van der Waals surface area contributed by atoms with Crippen molar-refractivity contribution in [2.45, 2.75) is 39.2 Å². The van der Waals surface area contributed by atoms with Gasteiger partial charge in [0.25, 0.3) is 0 Å². The van der Waals surface area contributed by atoms with Crippen molar-refractivity contribution < 1.29 is 0 Å². The number of hydrogen-bond acceptors (Lipinski definition) is 4. The van der Waals surface area contributed by atoms with E-state index in [-0.39, 0.29) is 0 Å². The molecule has 0 bridgehead atoms. The lowest BCUT2D eigenvalue weighted by Crippen LogP contribution is -2.41. The lowest BCUT2D eigenvalue weighted by Gasteiger charge is -2.32. The number of aryl methyl sites for hydroxylation is 1. The molecule has 4 N–H and O–H groups in total. The van der Waals surface area contributed by atoms with Crippen LogP contribution in [0.5, 0.6) is 0 Å². The Morgan fingerprint density at radius 3 is 2.71 bits per heavy atom. The summed E-state index contributed by atoms with van der Waals surface area (Å²) in [5, 5.41) is 3.32. The number of nitrogens with one attached hydrogen (secondary N) is 2. The average Bonchev–Trinajstić information content (AvgIpc) is 2.66. The molecule has 96 valence electrons. The molecule has 1 aromatic heterocycles. The number of anilines is 2. The minimum Gasteiger partial charge on any atom is -0.382 e. The molecule has 1 saturated heterocycles. The Bertz CT molecular complexity index is 354. The van der Waals surface area contributed by atoms with E-state index < -0.39 is 0 Å². The highest BCUT2D eigenvalue weighted by atomic mass is 15.2. The number of rotatable bonds is 4. The zero-order chi connectivity index (χ0) is 12.3. The van der Waals surface area contributed by atoms with E-state index >= 15 is 0 Å². The predicted octanol–water partition coefficient (Wildman–Crippen LogP) is 1.59. The highest BCUT2D eigenvalue weighted by Gasteiger charge is 2.16. The number of likely N-dealkylation sites (tertiary alicyclic amines) is 1. The second-order valence-electron chi connectivity index (χ2n) is 4.91. The van der Waals surface area contributed by atoms with Gasteiger partial charge < -0.3 is 16.0 Å². The second-order valence-corrected chi connectivity index (χ2v) is 4.91. The third-order valence-corrected chi connectivity index (χ3v) is 3.43. The van der Waals surface area contributed by atoms with Crippen molar-refractivity contribution in [1.82, 2.24) is 14.9 Å². The van der Waals surface area contributed by atoms with Crippen LogP contribution in [0.25, 0.3) is 0 Å². The molecule has 0 amide bonds. The summed E-state index contributed by atoms with van der Waals surface area (Å²) in [4.78, 5) is 9.85. The van der Waals surface area contributed by atoms with Gasteiger partial charge in [0, 0.05) is 12.6 Å². The summed E-state index contributed by atoms with van der Waals surface area (Å²) in [6.07, 6.45) is 4.03. The Morgan fingerprint density at radius 2 is 2.12 bits per heavy atom. The molecule has 1 unspecified atom stereocenters. The Hall–Kier alpha value is -1.23. The van der Waals surface area contributed by atoms with Crippen molar-refractivity contribution in [3.8, 4) is 0 Å². The van der Waals surface area contributed by atoms with Crippen LogP contribution in [0.2, 0.25) is 0 Å². The summed E-state index contributed by atoms with van der Waals surface area (Å²) in [5.74, 6) is 2.27. The van der Waals surface area contributed by atoms with E-state index in [4.69, 9.17) is 5.73 Å². The van der Waals surface area contributed by atoms with Gasteiger partial charge in [0.1, 0.15) is 11.6 Å². The van der Waals surface area contributed by atoms with Gasteiger partial charge in [-0.25, -0.2) is 4.98 Å². The minimum atomic E-state index is 0.534. The minimum absolute atomic E-state index is 0.534. The molecular formula is C12H23N5. The lowest BCUT2D eigenvalue weighted by molar-refractivity contribution is 0.180. The van der Waals surface area contributed by atoms with Gasteiger partial charge in [0.15, 0.2) is 5.82 Å². The molecular weight excluding hydrogens is 214 g/mol. The third-order valence-electron chi connectivity index (χ3n) is 3.43. The predicted molar refractivity (Wildman–Crippen MR) is 71.1 cm³/mol. The molecule has 0 saturated carbocycles. The van der Waals surface area contributed by atoms with E-state index in [1.165, 1.54) is 32.4 Å². The summed E-state index contributed by atoms with van der Waals surface area (Å²) in [7, 11) is 0. The fourth-order valence-electron chi connectivity index (χ4n) is 2.38. The van der Waals surface area contributed by atoms with Crippen LogP contribution < -0.4 is 11.1 Å². The first-order valence-electron chi connectivity index (χ1n) is 6.47. The van der Waals surface area contributed by atoms with E-state index in [1.807, 2.05) is 6.92 Å². The van der Waals surface area contributed by atoms with Crippen LogP contribution in [0.3, 0.4) is 0 Å². The van der Waals surface area contributed by atoms with Gasteiger partial charge in [0.05, 0.1) is 0 Å². The number of imidazole rings is 1. The summed E-state index contributed by atoms with van der Waals surface area (Å²) in [6, 6.07) is 0.534.